The molecule has 1 aliphatic carbocycles. The molecule has 0 N–H and O–H groups in total. The second-order valence-corrected chi connectivity index (χ2v) is 9.09. The monoisotopic (exact) mass is 334 g/mol. The van der Waals surface area contributed by atoms with Crippen LogP contribution in [0.15, 0.2) is 36.4 Å². The van der Waals surface area contributed by atoms with Crippen LogP contribution in [0.2, 0.25) is 0 Å². The minimum atomic E-state index is 0.0447. The number of allylic oxidation sites excluding steroid dienone is 1. The van der Waals surface area contributed by atoms with E-state index in [-0.39, 0.29) is 10.8 Å². The summed E-state index contributed by atoms with van der Waals surface area (Å²) in [5.74, 6) is 1.02. The van der Waals surface area contributed by atoms with E-state index >= 15 is 0 Å². The zero-order chi connectivity index (χ0) is 18.4. The van der Waals surface area contributed by atoms with Crippen molar-refractivity contribution in [3.8, 4) is 16.9 Å². The Bertz CT molecular complexity index is 809. The van der Waals surface area contributed by atoms with Crippen LogP contribution in [0, 0.1) is 0 Å². The summed E-state index contributed by atoms with van der Waals surface area (Å²) in [6.45, 7) is 13.5. The molecule has 0 heterocycles. The van der Waals surface area contributed by atoms with Crippen LogP contribution in [0.25, 0.3) is 17.2 Å². The van der Waals surface area contributed by atoms with Gasteiger partial charge in [0.1, 0.15) is 5.75 Å². The molecular weight excluding hydrogens is 304 g/mol. The zero-order valence-corrected chi connectivity index (χ0v) is 16.7. The molecule has 0 unspecified atom stereocenters. The highest BCUT2D eigenvalue weighted by Crippen LogP contribution is 2.45. The Morgan fingerprint density at radius 3 is 2.04 bits per heavy atom. The molecule has 0 radical (unpaired) electrons. The molecule has 0 atom stereocenters. The first-order valence-corrected chi connectivity index (χ1v) is 9.14. The lowest BCUT2D eigenvalue weighted by Gasteiger charge is -2.26. The Morgan fingerprint density at radius 2 is 1.52 bits per heavy atom. The van der Waals surface area contributed by atoms with Gasteiger partial charge in [-0.3, -0.25) is 0 Å². The summed E-state index contributed by atoms with van der Waals surface area (Å²) in [4.78, 5) is 0. The Labute approximate surface area is 152 Å². The van der Waals surface area contributed by atoms with E-state index in [2.05, 4.69) is 84.0 Å². The van der Waals surface area contributed by atoms with Gasteiger partial charge in [0.25, 0.3) is 0 Å². The van der Waals surface area contributed by atoms with E-state index in [9.17, 15) is 0 Å². The Hall–Kier alpha value is -2.02. The molecule has 0 aliphatic heterocycles. The normalized spacial score (nSPS) is 13.9. The predicted octanol–water partition coefficient (Wildman–Crippen LogP) is 6.53. The molecule has 2 aromatic rings. The fourth-order valence-electron chi connectivity index (χ4n) is 3.59. The maximum Gasteiger partial charge on any atom is 0.131 e. The molecule has 0 amide bonds. The average molecular weight is 335 g/mol. The van der Waals surface area contributed by atoms with Crippen LogP contribution in [0.5, 0.6) is 5.75 Å². The van der Waals surface area contributed by atoms with Crippen LogP contribution in [0.3, 0.4) is 0 Å². The summed E-state index contributed by atoms with van der Waals surface area (Å²) < 4.78 is 5.95. The van der Waals surface area contributed by atoms with Crippen LogP contribution in [-0.4, -0.2) is 7.11 Å². The largest absolute Gasteiger partial charge is 0.496 e. The minimum Gasteiger partial charge on any atom is -0.496 e. The maximum absolute atomic E-state index is 5.95. The summed E-state index contributed by atoms with van der Waals surface area (Å²) in [6.07, 6.45) is 5.51. The number of hydrogen-bond donors (Lipinski definition) is 0. The van der Waals surface area contributed by atoms with Gasteiger partial charge in [-0.2, -0.15) is 0 Å². The highest BCUT2D eigenvalue weighted by molar-refractivity contribution is 5.85. The van der Waals surface area contributed by atoms with Crippen LogP contribution in [0.1, 0.15) is 63.8 Å². The molecule has 1 aliphatic rings. The minimum absolute atomic E-state index is 0.0447. The Morgan fingerprint density at radius 1 is 0.880 bits per heavy atom. The molecule has 0 spiro atoms. The number of benzene rings is 2. The lowest BCUT2D eigenvalue weighted by Crippen LogP contribution is -2.15. The van der Waals surface area contributed by atoms with E-state index in [1.54, 1.807) is 7.11 Å². The summed E-state index contributed by atoms with van der Waals surface area (Å²) in [7, 11) is 1.79. The van der Waals surface area contributed by atoms with Gasteiger partial charge < -0.3 is 4.74 Å². The van der Waals surface area contributed by atoms with E-state index in [1.807, 2.05) is 0 Å². The van der Waals surface area contributed by atoms with Gasteiger partial charge in [0, 0.05) is 11.1 Å². The van der Waals surface area contributed by atoms with Gasteiger partial charge in [0.15, 0.2) is 0 Å². The molecule has 3 rings (SSSR count). The number of ether oxygens (including phenoxy) is 1. The molecule has 132 valence electrons. The number of hydrogen-bond acceptors (Lipinski definition) is 1. The summed E-state index contributed by atoms with van der Waals surface area (Å²) in [5.41, 5.74) is 8.04. The summed E-state index contributed by atoms with van der Waals surface area (Å²) in [5, 5.41) is 0. The highest BCUT2D eigenvalue weighted by atomic mass is 16.5. The molecule has 0 saturated carbocycles. The van der Waals surface area contributed by atoms with Gasteiger partial charge in [-0.05, 0) is 39.5 Å². The van der Waals surface area contributed by atoms with Crippen LogP contribution >= 0.6 is 0 Å². The molecule has 0 bridgehead atoms. The maximum atomic E-state index is 5.95. The lowest BCUT2D eigenvalue weighted by molar-refractivity contribution is 0.399. The number of methoxy groups -OCH3 is 1. The van der Waals surface area contributed by atoms with Crippen molar-refractivity contribution in [1.29, 1.82) is 0 Å². The van der Waals surface area contributed by atoms with Crippen LogP contribution in [-0.2, 0) is 17.3 Å². The van der Waals surface area contributed by atoms with Crippen molar-refractivity contribution in [3.63, 3.8) is 0 Å². The number of fused-ring (bicyclic) bond motifs is 1. The first-order valence-electron chi connectivity index (χ1n) is 9.14. The van der Waals surface area contributed by atoms with Gasteiger partial charge >= 0.3 is 0 Å². The first-order chi connectivity index (χ1) is 11.6. The topological polar surface area (TPSA) is 9.23 Å². The van der Waals surface area contributed by atoms with Crippen molar-refractivity contribution in [2.24, 2.45) is 0 Å². The molecule has 1 heteroatoms. The SMILES string of the molecule is COc1c(C(C)(C)C)cc2c(c1-c1ccc(C(C)(C)C)cc1)C=CC2. The van der Waals surface area contributed by atoms with E-state index < -0.39 is 0 Å². The van der Waals surface area contributed by atoms with E-state index in [4.69, 9.17) is 4.74 Å². The third kappa shape index (κ3) is 3.25. The first kappa shape index (κ1) is 17.8. The molecule has 0 saturated heterocycles. The van der Waals surface area contributed by atoms with Crippen molar-refractivity contribution in [1.82, 2.24) is 0 Å². The fourth-order valence-corrected chi connectivity index (χ4v) is 3.59. The van der Waals surface area contributed by atoms with Gasteiger partial charge in [-0.1, -0.05) is 84.0 Å². The quantitative estimate of drug-likeness (QED) is 0.607. The third-order valence-corrected chi connectivity index (χ3v) is 5.08. The summed E-state index contributed by atoms with van der Waals surface area (Å²) >= 11 is 0. The van der Waals surface area contributed by atoms with Crippen LogP contribution < -0.4 is 4.74 Å². The zero-order valence-electron chi connectivity index (χ0n) is 16.7. The molecular formula is C24H30O. The van der Waals surface area contributed by atoms with Gasteiger partial charge in [0.05, 0.1) is 7.11 Å². The summed E-state index contributed by atoms with van der Waals surface area (Å²) in [6, 6.07) is 11.3. The van der Waals surface area contributed by atoms with E-state index in [0.717, 1.165) is 12.2 Å². The van der Waals surface area contributed by atoms with E-state index in [0.29, 0.717) is 0 Å². The van der Waals surface area contributed by atoms with E-state index in [1.165, 1.54) is 33.4 Å². The standard InChI is InChI=1S/C24H30O/c1-23(2,3)18-13-11-16(12-14-18)21-19-10-8-9-17(19)15-20(22(21)25-7)24(4,5)6/h8,10-15H,9H2,1-7H3. The molecule has 1 nitrogen and oxygen atoms in total. The van der Waals surface area contributed by atoms with Crippen molar-refractivity contribution < 1.29 is 4.74 Å². The van der Waals surface area contributed by atoms with Crippen molar-refractivity contribution in [2.45, 2.75) is 58.8 Å². The van der Waals surface area contributed by atoms with Gasteiger partial charge in [-0.15, -0.1) is 0 Å². The van der Waals surface area contributed by atoms with Gasteiger partial charge in [-0.25, -0.2) is 0 Å². The second-order valence-electron chi connectivity index (χ2n) is 9.09. The van der Waals surface area contributed by atoms with Crippen molar-refractivity contribution >= 4 is 6.08 Å². The molecule has 0 fully saturated rings. The van der Waals surface area contributed by atoms with Gasteiger partial charge in [0.2, 0.25) is 0 Å². The fraction of sp³-hybridized carbons (Fsp3) is 0.417. The smallest absolute Gasteiger partial charge is 0.131 e. The average Bonchev–Trinajstić information content (AvgIpc) is 2.99. The predicted molar refractivity (Wildman–Crippen MR) is 109 cm³/mol. The molecule has 25 heavy (non-hydrogen) atoms. The van der Waals surface area contributed by atoms with Crippen molar-refractivity contribution in [2.75, 3.05) is 7.11 Å². The number of rotatable bonds is 2. The van der Waals surface area contributed by atoms with Crippen LogP contribution in [0.4, 0.5) is 0 Å². The Balaban J connectivity index is 2.25. The molecule has 2 aromatic carbocycles. The molecule has 0 aromatic heterocycles. The second kappa shape index (κ2) is 6.05. The third-order valence-electron chi connectivity index (χ3n) is 5.08. The Kier molecular flexibility index (Phi) is 4.31. The lowest BCUT2D eigenvalue weighted by atomic mass is 9.80. The highest BCUT2D eigenvalue weighted by Gasteiger charge is 2.27. The van der Waals surface area contributed by atoms with Crippen molar-refractivity contribution in [3.05, 3.63) is 58.7 Å².